The van der Waals surface area contributed by atoms with Crippen LogP contribution in [0.2, 0.25) is 0 Å². The molecule has 22 heavy (non-hydrogen) atoms. The molecule has 0 aliphatic carbocycles. The van der Waals surface area contributed by atoms with Crippen molar-refractivity contribution in [2.45, 2.75) is 44.6 Å². The number of halogens is 1. The monoisotopic (exact) mass is 307 g/mol. The Bertz CT molecular complexity index is 529. The topological polar surface area (TPSA) is 46.6 Å². The number of carbonyl (C=O) groups is 2. The van der Waals surface area contributed by atoms with Gasteiger partial charge >= 0.3 is 5.97 Å². The van der Waals surface area contributed by atoms with E-state index in [1.165, 1.54) is 19.2 Å². The molecule has 1 aliphatic rings. The Kier molecular flexibility index (Phi) is 5.52. The molecule has 0 radical (unpaired) electrons. The molecule has 0 spiro atoms. The lowest BCUT2D eigenvalue weighted by Crippen LogP contribution is -2.33. The van der Waals surface area contributed by atoms with Crippen LogP contribution in [0, 0.1) is 5.82 Å². The fourth-order valence-electron chi connectivity index (χ4n) is 2.98. The Labute approximate surface area is 130 Å². The summed E-state index contributed by atoms with van der Waals surface area (Å²) in [5.41, 5.74) is 1.07. The lowest BCUT2D eigenvalue weighted by atomic mass is 9.97. The van der Waals surface area contributed by atoms with Crippen molar-refractivity contribution in [3.8, 4) is 0 Å². The number of esters is 1. The Morgan fingerprint density at radius 1 is 1.27 bits per heavy atom. The molecule has 0 N–H and O–H groups in total. The molecule has 1 fully saturated rings. The zero-order valence-corrected chi connectivity index (χ0v) is 13.0. The Morgan fingerprint density at radius 2 is 1.95 bits per heavy atom. The quantitative estimate of drug-likeness (QED) is 0.786. The first kappa shape index (κ1) is 16.5. The summed E-state index contributed by atoms with van der Waals surface area (Å²) < 4.78 is 17.6. The van der Waals surface area contributed by atoms with Crippen LogP contribution in [0.3, 0.4) is 0 Å². The molecule has 1 heterocycles. The normalized spacial score (nSPS) is 21.0. The maximum Gasteiger partial charge on any atom is 0.305 e. The van der Waals surface area contributed by atoms with Crippen molar-refractivity contribution in [1.29, 1.82) is 0 Å². The zero-order chi connectivity index (χ0) is 16.1. The molecule has 0 saturated carbocycles. The molecule has 2 rings (SSSR count). The SMILES string of the molecule is COC(=O)CCCC(=O)N1C[C@H](c2ccc(F)cc2)C[C@H]1C. The molecule has 1 aliphatic heterocycles. The highest BCUT2D eigenvalue weighted by Gasteiger charge is 2.32. The standard InChI is InChI=1S/C17H22FNO3/c1-12-10-14(13-6-8-15(18)9-7-13)11-19(12)16(20)4-3-5-17(21)22-2/h6-9,12,14H,3-5,10-11H2,1-2H3/t12-,14-/m1/s1. The minimum Gasteiger partial charge on any atom is -0.469 e. The summed E-state index contributed by atoms with van der Waals surface area (Å²) in [5.74, 6) is -0.210. The molecule has 1 aromatic rings. The van der Waals surface area contributed by atoms with Crippen molar-refractivity contribution < 1.29 is 18.7 Å². The van der Waals surface area contributed by atoms with E-state index in [0.717, 1.165) is 12.0 Å². The lowest BCUT2D eigenvalue weighted by Gasteiger charge is -2.21. The van der Waals surface area contributed by atoms with E-state index in [1.54, 1.807) is 12.1 Å². The average molecular weight is 307 g/mol. The van der Waals surface area contributed by atoms with E-state index >= 15 is 0 Å². The van der Waals surface area contributed by atoms with Crippen molar-refractivity contribution in [3.05, 3.63) is 35.6 Å². The fourth-order valence-corrected chi connectivity index (χ4v) is 2.98. The minimum absolute atomic E-state index is 0.0704. The van der Waals surface area contributed by atoms with Gasteiger partial charge in [-0.15, -0.1) is 0 Å². The second-order valence-corrected chi connectivity index (χ2v) is 5.81. The third-order valence-electron chi connectivity index (χ3n) is 4.24. The van der Waals surface area contributed by atoms with E-state index in [1.807, 2.05) is 11.8 Å². The van der Waals surface area contributed by atoms with Gasteiger partial charge in [0.15, 0.2) is 0 Å². The number of amides is 1. The van der Waals surface area contributed by atoms with E-state index < -0.39 is 0 Å². The molecular weight excluding hydrogens is 285 g/mol. The van der Waals surface area contributed by atoms with Gasteiger partial charge in [-0.25, -0.2) is 4.39 Å². The van der Waals surface area contributed by atoms with E-state index in [2.05, 4.69) is 4.74 Å². The largest absolute Gasteiger partial charge is 0.469 e. The van der Waals surface area contributed by atoms with Crippen LogP contribution in [-0.2, 0) is 14.3 Å². The van der Waals surface area contributed by atoms with Crippen LogP contribution in [-0.4, -0.2) is 36.5 Å². The van der Waals surface area contributed by atoms with Crippen molar-refractivity contribution in [3.63, 3.8) is 0 Å². The molecular formula is C17H22FNO3. The predicted molar refractivity (Wildman–Crippen MR) is 80.8 cm³/mol. The van der Waals surface area contributed by atoms with Crippen LogP contribution >= 0.6 is 0 Å². The highest BCUT2D eigenvalue weighted by molar-refractivity contribution is 5.78. The van der Waals surface area contributed by atoms with Gasteiger partial charge in [0, 0.05) is 31.3 Å². The van der Waals surface area contributed by atoms with Gasteiger partial charge in [-0.2, -0.15) is 0 Å². The van der Waals surface area contributed by atoms with Gasteiger partial charge < -0.3 is 9.64 Å². The van der Waals surface area contributed by atoms with Gasteiger partial charge in [0.2, 0.25) is 5.91 Å². The van der Waals surface area contributed by atoms with Gasteiger partial charge in [-0.05, 0) is 37.5 Å². The fraction of sp³-hybridized carbons (Fsp3) is 0.529. The second kappa shape index (κ2) is 7.38. The number of hydrogen-bond acceptors (Lipinski definition) is 3. The van der Waals surface area contributed by atoms with E-state index in [-0.39, 0.29) is 36.1 Å². The molecule has 5 heteroatoms. The summed E-state index contributed by atoms with van der Waals surface area (Å²) in [6.45, 7) is 2.69. The number of methoxy groups -OCH3 is 1. The van der Waals surface area contributed by atoms with Crippen LogP contribution in [0.15, 0.2) is 24.3 Å². The van der Waals surface area contributed by atoms with E-state index in [0.29, 0.717) is 19.4 Å². The number of nitrogens with zero attached hydrogens (tertiary/aromatic N) is 1. The highest BCUT2D eigenvalue weighted by atomic mass is 19.1. The first-order valence-corrected chi connectivity index (χ1v) is 7.63. The summed E-state index contributed by atoms with van der Waals surface area (Å²) in [5, 5.41) is 0. The van der Waals surface area contributed by atoms with Crippen LogP contribution in [0.4, 0.5) is 4.39 Å². The summed E-state index contributed by atoms with van der Waals surface area (Å²) in [7, 11) is 1.35. The molecule has 4 nitrogen and oxygen atoms in total. The smallest absolute Gasteiger partial charge is 0.305 e. The first-order chi connectivity index (χ1) is 10.5. The molecule has 1 amide bonds. The molecule has 120 valence electrons. The van der Waals surface area contributed by atoms with Crippen LogP contribution in [0.1, 0.15) is 44.1 Å². The van der Waals surface area contributed by atoms with Crippen molar-refractivity contribution in [2.75, 3.05) is 13.7 Å². The van der Waals surface area contributed by atoms with Gasteiger partial charge in [0.05, 0.1) is 7.11 Å². The molecule has 0 aromatic heterocycles. The Morgan fingerprint density at radius 3 is 2.59 bits per heavy atom. The van der Waals surface area contributed by atoms with Crippen molar-refractivity contribution in [2.24, 2.45) is 0 Å². The number of benzene rings is 1. The molecule has 0 unspecified atom stereocenters. The van der Waals surface area contributed by atoms with Gasteiger partial charge in [-0.1, -0.05) is 12.1 Å². The number of likely N-dealkylation sites (tertiary alicyclic amines) is 1. The summed E-state index contributed by atoms with van der Waals surface area (Å²) in [4.78, 5) is 25.2. The maximum absolute atomic E-state index is 13.0. The molecule has 1 saturated heterocycles. The van der Waals surface area contributed by atoms with E-state index in [4.69, 9.17) is 0 Å². The third kappa shape index (κ3) is 4.06. The Balaban J connectivity index is 1.88. The number of carbonyl (C=O) groups excluding carboxylic acids is 2. The van der Waals surface area contributed by atoms with Gasteiger partial charge in [-0.3, -0.25) is 9.59 Å². The third-order valence-corrected chi connectivity index (χ3v) is 4.24. The summed E-state index contributed by atoms with van der Waals surface area (Å²) >= 11 is 0. The minimum atomic E-state index is -0.286. The lowest BCUT2D eigenvalue weighted by molar-refractivity contribution is -0.140. The van der Waals surface area contributed by atoms with Crippen molar-refractivity contribution >= 4 is 11.9 Å². The van der Waals surface area contributed by atoms with Gasteiger partial charge in [0.25, 0.3) is 0 Å². The van der Waals surface area contributed by atoms with E-state index in [9.17, 15) is 14.0 Å². The van der Waals surface area contributed by atoms with Crippen LogP contribution < -0.4 is 0 Å². The second-order valence-electron chi connectivity index (χ2n) is 5.81. The highest BCUT2D eigenvalue weighted by Crippen LogP contribution is 2.32. The van der Waals surface area contributed by atoms with Crippen molar-refractivity contribution in [1.82, 2.24) is 4.90 Å². The molecule has 2 atom stereocenters. The number of rotatable bonds is 5. The molecule has 0 bridgehead atoms. The maximum atomic E-state index is 13.0. The van der Waals surface area contributed by atoms with Crippen LogP contribution in [0.25, 0.3) is 0 Å². The number of ether oxygens (including phenoxy) is 1. The van der Waals surface area contributed by atoms with Gasteiger partial charge in [0.1, 0.15) is 5.82 Å². The number of hydrogen-bond donors (Lipinski definition) is 0. The predicted octanol–water partition coefficient (Wildman–Crippen LogP) is 2.87. The summed E-state index contributed by atoms with van der Waals surface area (Å²) in [6.07, 6.45) is 2.02. The molecule has 1 aromatic carbocycles. The summed E-state index contributed by atoms with van der Waals surface area (Å²) in [6, 6.07) is 6.66. The first-order valence-electron chi connectivity index (χ1n) is 7.63. The Hall–Kier alpha value is -1.91. The van der Waals surface area contributed by atoms with Crippen LogP contribution in [0.5, 0.6) is 0 Å². The zero-order valence-electron chi connectivity index (χ0n) is 13.0. The average Bonchev–Trinajstić information content (AvgIpc) is 2.89.